The minimum absolute atomic E-state index is 0.0647. The summed E-state index contributed by atoms with van der Waals surface area (Å²) in [6.45, 7) is 5.86. The van der Waals surface area contributed by atoms with Gasteiger partial charge in [-0.3, -0.25) is 13.9 Å². The number of hydrogen-bond acceptors (Lipinski definition) is 5. The predicted octanol–water partition coefficient (Wildman–Crippen LogP) is 4.58. The third-order valence-corrected chi connectivity index (χ3v) is 8.50. The molecule has 0 saturated heterocycles. The molecule has 0 bridgehead atoms. The summed E-state index contributed by atoms with van der Waals surface area (Å²) in [5.41, 5.74) is 2.21. The Labute approximate surface area is 238 Å². The molecule has 2 amide bonds. The molecule has 8 nitrogen and oxygen atoms in total. The highest BCUT2D eigenvalue weighted by Gasteiger charge is 2.32. The number of carbonyl (C=O) groups is 2. The zero-order valence-electron chi connectivity index (χ0n) is 23.7. The van der Waals surface area contributed by atoms with E-state index in [1.165, 1.54) is 24.1 Å². The van der Waals surface area contributed by atoms with Crippen LogP contribution in [-0.4, -0.2) is 57.9 Å². The van der Waals surface area contributed by atoms with Crippen molar-refractivity contribution in [3.63, 3.8) is 0 Å². The maximum atomic E-state index is 13.9. The van der Waals surface area contributed by atoms with Gasteiger partial charge in [-0.25, -0.2) is 8.42 Å². The zero-order chi connectivity index (χ0) is 29.1. The molecule has 0 saturated carbocycles. The molecule has 0 aliphatic heterocycles. The van der Waals surface area contributed by atoms with E-state index in [-0.39, 0.29) is 23.0 Å². The van der Waals surface area contributed by atoms with Gasteiger partial charge in [0.25, 0.3) is 10.0 Å². The highest BCUT2D eigenvalue weighted by atomic mass is 32.2. The fourth-order valence-corrected chi connectivity index (χ4v) is 5.64. The molecule has 3 rings (SSSR count). The Morgan fingerprint density at radius 1 is 0.975 bits per heavy atom. The second-order valence-corrected chi connectivity index (χ2v) is 11.5. The average Bonchev–Trinajstić information content (AvgIpc) is 2.96. The topological polar surface area (TPSA) is 96.0 Å². The van der Waals surface area contributed by atoms with Gasteiger partial charge in [-0.2, -0.15) is 0 Å². The summed E-state index contributed by atoms with van der Waals surface area (Å²) in [4.78, 5) is 28.5. The largest absolute Gasteiger partial charge is 0.497 e. The Balaban J connectivity index is 1.97. The molecule has 0 aliphatic carbocycles. The van der Waals surface area contributed by atoms with E-state index in [2.05, 4.69) is 5.32 Å². The van der Waals surface area contributed by atoms with Gasteiger partial charge in [0.15, 0.2) is 0 Å². The molecule has 3 aromatic rings. The van der Waals surface area contributed by atoms with Crippen LogP contribution in [0.2, 0.25) is 0 Å². The van der Waals surface area contributed by atoms with Gasteiger partial charge in [0.05, 0.1) is 17.7 Å². The van der Waals surface area contributed by atoms with E-state index in [4.69, 9.17) is 4.74 Å². The Kier molecular flexibility index (Phi) is 11.1. The van der Waals surface area contributed by atoms with Crippen molar-refractivity contribution in [3.05, 3.63) is 90.0 Å². The maximum Gasteiger partial charge on any atom is 0.264 e. The Morgan fingerprint density at radius 3 is 2.33 bits per heavy atom. The maximum absolute atomic E-state index is 13.9. The lowest BCUT2D eigenvalue weighted by Gasteiger charge is -2.32. The molecule has 0 heterocycles. The first-order valence-electron chi connectivity index (χ1n) is 13.5. The van der Waals surface area contributed by atoms with Crippen LogP contribution in [0.25, 0.3) is 0 Å². The molecule has 0 aromatic heterocycles. The first kappa shape index (κ1) is 30.7. The molecule has 1 unspecified atom stereocenters. The van der Waals surface area contributed by atoms with Crippen LogP contribution < -0.4 is 14.4 Å². The first-order valence-corrected chi connectivity index (χ1v) is 15.0. The molecule has 214 valence electrons. The SMILES string of the molecule is CCCCNC(=O)C(C)N(CCc1ccccc1)C(=O)CN(c1cccc(OC)c1)S(=O)(=O)c1ccc(C)cc1. The van der Waals surface area contributed by atoms with E-state index in [1.54, 1.807) is 43.3 Å². The number of anilines is 1. The second-order valence-electron chi connectivity index (χ2n) is 9.67. The molecule has 0 radical (unpaired) electrons. The number of carbonyl (C=O) groups excluding carboxylic acids is 2. The van der Waals surface area contributed by atoms with Crippen molar-refractivity contribution in [3.8, 4) is 5.75 Å². The van der Waals surface area contributed by atoms with Gasteiger partial charge in [0.1, 0.15) is 18.3 Å². The summed E-state index contributed by atoms with van der Waals surface area (Å²) in [5.74, 6) is -0.296. The van der Waals surface area contributed by atoms with Crippen LogP contribution in [0.15, 0.2) is 83.8 Å². The zero-order valence-corrected chi connectivity index (χ0v) is 24.5. The van der Waals surface area contributed by atoms with Crippen LogP contribution in [0, 0.1) is 6.92 Å². The van der Waals surface area contributed by atoms with Crippen molar-refractivity contribution in [1.29, 1.82) is 0 Å². The summed E-state index contributed by atoms with van der Waals surface area (Å²) in [7, 11) is -2.63. The van der Waals surface area contributed by atoms with E-state index in [1.807, 2.05) is 44.2 Å². The standard InChI is InChI=1S/C31H39N3O5S/c1-5-6-20-32-31(36)25(3)33(21-19-26-11-8-7-9-12-26)30(35)23-34(27-13-10-14-28(22-27)39-4)40(37,38)29-17-15-24(2)16-18-29/h7-18,22,25H,5-6,19-21,23H2,1-4H3,(H,32,36). The second kappa shape index (κ2) is 14.5. The van der Waals surface area contributed by atoms with Gasteiger partial charge >= 0.3 is 0 Å². The third kappa shape index (κ3) is 8.08. The molecule has 1 N–H and O–H groups in total. The van der Waals surface area contributed by atoms with Crippen molar-refractivity contribution >= 4 is 27.5 Å². The van der Waals surface area contributed by atoms with Gasteiger partial charge < -0.3 is 15.0 Å². The van der Waals surface area contributed by atoms with Gasteiger partial charge in [-0.1, -0.05) is 67.4 Å². The van der Waals surface area contributed by atoms with Crippen LogP contribution in [-0.2, 0) is 26.0 Å². The summed E-state index contributed by atoms with van der Waals surface area (Å²) >= 11 is 0. The number of rotatable bonds is 14. The number of hydrogen-bond donors (Lipinski definition) is 1. The summed E-state index contributed by atoms with van der Waals surface area (Å²) in [6.07, 6.45) is 2.27. The van der Waals surface area contributed by atoms with Crippen LogP contribution in [0.5, 0.6) is 5.75 Å². The third-order valence-electron chi connectivity index (χ3n) is 6.71. The van der Waals surface area contributed by atoms with Crippen LogP contribution >= 0.6 is 0 Å². The Hall–Kier alpha value is -3.85. The molecule has 9 heteroatoms. The van der Waals surface area contributed by atoms with Crippen molar-refractivity contribution in [2.24, 2.45) is 0 Å². The average molecular weight is 566 g/mol. The lowest BCUT2D eigenvalue weighted by molar-refractivity contribution is -0.138. The quantitative estimate of drug-likeness (QED) is 0.289. The highest BCUT2D eigenvalue weighted by Crippen LogP contribution is 2.27. The minimum atomic E-state index is -4.13. The van der Waals surface area contributed by atoms with Gasteiger partial charge in [0.2, 0.25) is 11.8 Å². The normalized spacial score (nSPS) is 11.9. The van der Waals surface area contributed by atoms with Crippen LogP contribution in [0.4, 0.5) is 5.69 Å². The van der Waals surface area contributed by atoms with E-state index in [0.29, 0.717) is 18.7 Å². The minimum Gasteiger partial charge on any atom is -0.497 e. The van der Waals surface area contributed by atoms with Crippen LogP contribution in [0.1, 0.15) is 37.8 Å². The van der Waals surface area contributed by atoms with E-state index < -0.39 is 28.5 Å². The molecule has 40 heavy (non-hydrogen) atoms. The first-order chi connectivity index (χ1) is 19.2. The number of unbranched alkanes of at least 4 members (excludes halogenated alkanes) is 1. The number of aryl methyl sites for hydroxylation is 1. The fourth-order valence-electron chi connectivity index (χ4n) is 4.24. The number of benzene rings is 3. The number of sulfonamides is 1. The number of nitrogens with one attached hydrogen (secondary N) is 1. The molecular formula is C31H39N3O5S. The van der Waals surface area contributed by atoms with Gasteiger partial charge in [-0.05, 0) is 56.5 Å². The van der Waals surface area contributed by atoms with E-state index in [0.717, 1.165) is 28.3 Å². The molecule has 0 fully saturated rings. The number of methoxy groups -OCH3 is 1. The molecule has 0 spiro atoms. The molecule has 0 aliphatic rings. The lowest BCUT2D eigenvalue weighted by atomic mass is 10.1. The predicted molar refractivity (Wildman–Crippen MR) is 158 cm³/mol. The van der Waals surface area contributed by atoms with Crippen molar-refractivity contribution < 1.29 is 22.7 Å². The number of ether oxygens (including phenoxy) is 1. The summed E-state index contributed by atoms with van der Waals surface area (Å²) in [6, 6.07) is 21.9. The molecule has 3 aromatic carbocycles. The van der Waals surface area contributed by atoms with Crippen molar-refractivity contribution in [1.82, 2.24) is 10.2 Å². The molecular weight excluding hydrogens is 526 g/mol. The van der Waals surface area contributed by atoms with Crippen molar-refractivity contribution in [2.75, 3.05) is 31.0 Å². The highest BCUT2D eigenvalue weighted by molar-refractivity contribution is 7.92. The number of amides is 2. The smallest absolute Gasteiger partial charge is 0.264 e. The summed E-state index contributed by atoms with van der Waals surface area (Å²) in [5, 5.41) is 2.90. The van der Waals surface area contributed by atoms with Crippen molar-refractivity contribution in [2.45, 2.75) is 51.0 Å². The van der Waals surface area contributed by atoms with Gasteiger partial charge in [-0.15, -0.1) is 0 Å². The number of nitrogens with zero attached hydrogens (tertiary/aromatic N) is 2. The summed E-state index contributed by atoms with van der Waals surface area (Å²) < 4.78 is 34.2. The monoisotopic (exact) mass is 565 g/mol. The fraction of sp³-hybridized carbons (Fsp3) is 0.355. The lowest BCUT2D eigenvalue weighted by Crippen LogP contribution is -2.52. The van der Waals surface area contributed by atoms with Gasteiger partial charge in [0, 0.05) is 19.2 Å². The molecule has 1 atom stereocenters. The van der Waals surface area contributed by atoms with E-state index >= 15 is 0 Å². The Bertz CT molecular complexity index is 1360. The van der Waals surface area contributed by atoms with E-state index in [9.17, 15) is 18.0 Å². The van der Waals surface area contributed by atoms with Crippen LogP contribution in [0.3, 0.4) is 0 Å². The Morgan fingerprint density at radius 2 is 1.68 bits per heavy atom.